The lowest BCUT2D eigenvalue weighted by Gasteiger charge is -2.40. The van der Waals surface area contributed by atoms with E-state index in [0.29, 0.717) is 35.7 Å². The summed E-state index contributed by atoms with van der Waals surface area (Å²) in [6, 6.07) is 12.7. The van der Waals surface area contributed by atoms with Crippen LogP contribution in [0.3, 0.4) is 0 Å². The van der Waals surface area contributed by atoms with Crippen molar-refractivity contribution in [3.63, 3.8) is 0 Å². The Balaban J connectivity index is 1.59. The predicted molar refractivity (Wildman–Crippen MR) is 109 cm³/mol. The molecule has 1 heterocycles. The summed E-state index contributed by atoms with van der Waals surface area (Å²) in [7, 11) is 0. The van der Waals surface area contributed by atoms with Gasteiger partial charge < -0.3 is 0 Å². The zero-order chi connectivity index (χ0) is 21.3. The molecule has 0 aliphatic heterocycles. The monoisotopic (exact) mass is 408 g/mol. The number of aromatic nitrogens is 2. The first-order chi connectivity index (χ1) is 14.5. The van der Waals surface area contributed by atoms with Crippen molar-refractivity contribution in [2.24, 2.45) is 0 Å². The van der Waals surface area contributed by atoms with E-state index in [1.165, 1.54) is 16.8 Å². The van der Waals surface area contributed by atoms with Crippen molar-refractivity contribution in [3.05, 3.63) is 76.0 Å². The van der Waals surface area contributed by atoms with Crippen molar-refractivity contribution in [3.8, 4) is 0 Å². The van der Waals surface area contributed by atoms with Crippen LogP contribution in [0.1, 0.15) is 42.2 Å². The molecule has 30 heavy (non-hydrogen) atoms. The van der Waals surface area contributed by atoms with Gasteiger partial charge in [-0.25, -0.2) is 9.07 Å². The maximum atomic E-state index is 13.7. The summed E-state index contributed by atoms with van der Waals surface area (Å²) in [6.07, 6.45) is 1.98. The first kappa shape index (κ1) is 19.8. The Labute approximate surface area is 171 Å². The van der Waals surface area contributed by atoms with Crippen LogP contribution in [0.2, 0.25) is 0 Å². The first-order valence-corrected chi connectivity index (χ1v) is 9.83. The van der Waals surface area contributed by atoms with E-state index in [0.717, 1.165) is 6.42 Å². The van der Waals surface area contributed by atoms with Gasteiger partial charge in [-0.15, -0.1) is 0 Å². The fraction of sp³-hybridized carbons (Fsp3) is 0.273. The van der Waals surface area contributed by atoms with Crippen LogP contribution in [-0.2, 0) is 16.8 Å². The van der Waals surface area contributed by atoms with Crippen LogP contribution in [0.15, 0.2) is 53.3 Å². The molecule has 1 aliphatic carbocycles. The summed E-state index contributed by atoms with van der Waals surface area (Å²) in [5.41, 5.74) is 4.36. The molecular weight excluding hydrogens is 387 g/mol. The number of halogens is 1. The molecule has 1 fully saturated rings. The summed E-state index contributed by atoms with van der Waals surface area (Å²) in [5.74, 6) is -1.44. The van der Waals surface area contributed by atoms with Gasteiger partial charge in [-0.2, -0.15) is 5.10 Å². The molecule has 7 nitrogen and oxygen atoms in total. The molecule has 1 aromatic heterocycles. The third kappa shape index (κ3) is 3.24. The minimum Gasteiger partial charge on any atom is -0.272 e. The van der Waals surface area contributed by atoms with Gasteiger partial charge in [0, 0.05) is 11.9 Å². The van der Waals surface area contributed by atoms with Crippen molar-refractivity contribution in [1.82, 2.24) is 20.6 Å². The maximum absolute atomic E-state index is 13.7. The lowest BCUT2D eigenvalue weighted by Crippen LogP contribution is -2.54. The minimum absolute atomic E-state index is 0.0424. The Bertz CT molecular complexity index is 1200. The van der Waals surface area contributed by atoms with E-state index in [-0.39, 0.29) is 11.3 Å². The Hall–Kier alpha value is -3.55. The molecule has 2 N–H and O–H groups in total. The molecule has 0 atom stereocenters. The molecule has 0 radical (unpaired) electrons. The van der Waals surface area contributed by atoms with Gasteiger partial charge in [0.15, 0.2) is 5.69 Å². The van der Waals surface area contributed by atoms with E-state index in [2.05, 4.69) is 16.0 Å². The molecule has 0 spiro atoms. The highest BCUT2D eigenvalue weighted by atomic mass is 19.1. The van der Waals surface area contributed by atoms with Crippen molar-refractivity contribution in [2.45, 2.75) is 38.1 Å². The molecule has 8 heteroatoms. The number of hydrogen-bond donors (Lipinski definition) is 2. The zero-order valence-corrected chi connectivity index (χ0v) is 16.4. The van der Waals surface area contributed by atoms with Gasteiger partial charge in [0.05, 0.1) is 10.8 Å². The lowest BCUT2D eigenvalue weighted by molar-refractivity contribution is -0.130. The molecule has 1 aliphatic rings. The van der Waals surface area contributed by atoms with E-state index in [1.54, 1.807) is 43.3 Å². The third-order valence-electron chi connectivity index (χ3n) is 5.69. The Kier molecular flexibility index (Phi) is 5.07. The first-order valence-electron chi connectivity index (χ1n) is 9.83. The standard InChI is InChI=1S/C22H21FN4O3/c1-2-27-20(29)17-10-4-3-9-16(17)18(26-27)19(28)24-25-21(30)22(11-6-12-22)14-7-5-8-15(23)13-14/h3-5,7-10,13H,2,6,11-12H2,1H3,(H,24,28)(H,25,30). The van der Waals surface area contributed by atoms with Crippen LogP contribution in [0.4, 0.5) is 4.39 Å². The van der Waals surface area contributed by atoms with Crippen molar-refractivity contribution < 1.29 is 14.0 Å². The normalized spacial score (nSPS) is 14.7. The Morgan fingerprint density at radius 2 is 1.83 bits per heavy atom. The molecule has 0 bridgehead atoms. The van der Waals surface area contributed by atoms with Crippen LogP contribution in [-0.4, -0.2) is 21.6 Å². The summed E-state index contributed by atoms with van der Waals surface area (Å²) in [6.45, 7) is 2.06. The fourth-order valence-electron chi connectivity index (χ4n) is 3.87. The second-order valence-electron chi connectivity index (χ2n) is 7.37. The van der Waals surface area contributed by atoms with Crippen LogP contribution >= 0.6 is 0 Å². The number of benzene rings is 2. The van der Waals surface area contributed by atoms with Gasteiger partial charge in [-0.3, -0.25) is 25.2 Å². The number of rotatable bonds is 4. The molecule has 2 amide bonds. The van der Waals surface area contributed by atoms with Gasteiger partial charge in [-0.05, 0) is 43.5 Å². The molecule has 2 aromatic carbocycles. The van der Waals surface area contributed by atoms with Gasteiger partial charge in [-0.1, -0.05) is 36.8 Å². The van der Waals surface area contributed by atoms with Gasteiger partial charge in [0.25, 0.3) is 11.5 Å². The number of amides is 2. The van der Waals surface area contributed by atoms with E-state index in [1.807, 2.05) is 0 Å². The molecule has 0 saturated heterocycles. The largest absolute Gasteiger partial charge is 0.290 e. The number of fused-ring (bicyclic) bond motifs is 1. The number of carbonyl (C=O) groups is 2. The topological polar surface area (TPSA) is 93.1 Å². The maximum Gasteiger partial charge on any atom is 0.290 e. The highest BCUT2D eigenvalue weighted by Crippen LogP contribution is 2.44. The highest BCUT2D eigenvalue weighted by molar-refractivity contribution is 6.05. The molecule has 154 valence electrons. The van der Waals surface area contributed by atoms with E-state index in [9.17, 15) is 18.8 Å². The zero-order valence-electron chi connectivity index (χ0n) is 16.4. The molecular formula is C22H21FN4O3. The van der Waals surface area contributed by atoms with Crippen LogP contribution in [0.5, 0.6) is 0 Å². The van der Waals surface area contributed by atoms with E-state index in [4.69, 9.17) is 0 Å². The number of nitrogens with one attached hydrogen (secondary N) is 2. The van der Waals surface area contributed by atoms with Gasteiger partial charge in [0.2, 0.25) is 5.91 Å². The van der Waals surface area contributed by atoms with E-state index < -0.39 is 23.0 Å². The average Bonchev–Trinajstić information content (AvgIpc) is 2.72. The number of hydrazine groups is 1. The van der Waals surface area contributed by atoms with Crippen LogP contribution in [0.25, 0.3) is 10.8 Å². The smallest absolute Gasteiger partial charge is 0.272 e. The molecule has 1 saturated carbocycles. The predicted octanol–water partition coefficient (Wildman–Crippen LogP) is 2.44. The second-order valence-corrected chi connectivity index (χ2v) is 7.37. The van der Waals surface area contributed by atoms with E-state index >= 15 is 0 Å². The molecule has 4 rings (SSSR count). The fourth-order valence-corrected chi connectivity index (χ4v) is 3.87. The van der Waals surface area contributed by atoms with Crippen LogP contribution < -0.4 is 16.4 Å². The van der Waals surface area contributed by atoms with Crippen LogP contribution in [0, 0.1) is 5.82 Å². The average molecular weight is 408 g/mol. The molecule has 3 aromatic rings. The molecule has 0 unspecified atom stereocenters. The number of aryl methyl sites for hydroxylation is 1. The van der Waals surface area contributed by atoms with Crippen molar-refractivity contribution in [1.29, 1.82) is 0 Å². The van der Waals surface area contributed by atoms with Gasteiger partial charge >= 0.3 is 0 Å². The van der Waals surface area contributed by atoms with Gasteiger partial charge in [0.1, 0.15) is 5.82 Å². The minimum atomic E-state index is -0.868. The number of carbonyl (C=O) groups excluding carboxylic acids is 2. The van der Waals surface area contributed by atoms with Crippen molar-refractivity contribution in [2.75, 3.05) is 0 Å². The summed E-state index contributed by atoms with van der Waals surface area (Å²) >= 11 is 0. The lowest BCUT2D eigenvalue weighted by atomic mass is 9.64. The Morgan fingerprint density at radius 1 is 1.10 bits per heavy atom. The summed E-state index contributed by atoms with van der Waals surface area (Å²) in [4.78, 5) is 38.1. The number of hydrogen-bond acceptors (Lipinski definition) is 4. The second kappa shape index (κ2) is 7.70. The van der Waals surface area contributed by atoms with Crippen molar-refractivity contribution >= 4 is 22.6 Å². The quantitative estimate of drug-likeness (QED) is 0.649. The summed E-state index contributed by atoms with van der Waals surface area (Å²) in [5, 5.41) is 4.94. The number of nitrogens with zero attached hydrogens (tertiary/aromatic N) is 2. The summed E-state index contributed by atoms with van der Waals surface area (Å²) < 4.78 is 14.9. The SMILES string of the molecule is CCn1nc(C(=O)NNC(=O)C2(c3cccc(F)c3)CCC2)c2ccccc2c1=O. The third-order valence-corrected chi connectivity index (χ3v) is 5.69. The highest BCUT2D eigenvalue weighted by Gasteiger charge is 2.46. The Morgan fingerprint density at radius 3 is 2.47 bits per heavy atom.